The van der Waals surface area contributed by atoms with Crippen LogP contribution in [0.25, 0.3) is 0 Å². The molecule has 0 saturated carbocycles. The Labute approximate surface area is 163 Å². The van der Waals surface area contributed by atoms with E-state index in [1.165, 1.54) is 40.4 Å². The highest BCUT2D eigenvalue weighted by atomic mass is 16.6. The van der Waals surface area contributed by atoms with E-state index in [9.17, 15) is 9.59 Å². The van der Waals surface area contributed by atoms with Crippen molar-refractivity contribution in [1.82, 2.24) is 9.78 Å². The van der Waals surface area contributed by atoms with Crippen LogP contribution in [0.15, 0.2) is 24.4 Å². The zero-order valence-corrected chi connectivity index (χ0v) is 16.8. The first kappa shape index (κ1) is 21.1. The largest absolute Gasteiger partial charge is 0.496 e. The van der Waals surface area contributed by atoms with Crippen LogP contribution in [0.4, 0.5) is 5.82 Å². The Morgan fingerprint density at radius 2 is 1.61 bits per heavy atom. The lowest BCUT2D eigenvalue weighted by Gasteiger charge is -2.17. The molecule has 0 unspecified atom stereocenters. The van der Waals surface area contributed by atoms with E-state index in [1.54, 1.807) is 16.9 Å². The molecule has 0 aliphatic heterocycles. The van der Waals surface area contributed by atoms with Gasteiger partial charge in [-0.1, -0.05) is 0 Å². The van der Waals surface area contributed by atoms with Gasteiger partial charge in [-0.25, -0.2) is 9.48 Å². The molecule has 0 bridgehead atoms. The molecule has 152 valence electrons. The molecule has 0 aliphatic carbocycles. The Bertz CT molecular complexity index is 846. The zero-order chi connectivity index (χ0) is 20.8. The Balaban J connectivity index is 2.15. The molecule has 2 aromatic rings. The van der Waals surface area contributed by atoms with Gasteiger partial charge in [0.25, 0.3) is 5.91 Å². The first-order valence-electron chi connectivity index (χ1n) is 8.67. The van der Waals surface area contributed by atoms with E-state index in [0.29, 0.717) is 17.3 Å². The Morgan fingerprint density at radius 3 is 2.18 bits per heavy atom. The van der Waals surface area contributed by atoms with Gasteiger partial charge in [-0.15, -0.1) is 0 Å². The van der Waals surface area contributed by atoms with Crippen LogP contribution in [-0.2, 0) is 9.53 Å². The topological polar surface area (TPSA) is 101 Å². The summed E-state index contributed by atoms with van der Waals surface area (Å²) in [5.41, 5.74) is 0.118. The maximum absolute atomic E-state index is 12.6. The summed E-state index contributed by atoms with van der Waals surface area (Å²) in [6, 6.07) is 4.70. The van der Waals surface area contributed by atoms with Crippen molar-refractivity contribution in [2.24, 2.45) is 0 Å². The molecule has 9 nitrogen and oxygen atoms in total. The number of hydrogen-bond donors (Lipinski definition) is 1. The number of carbonyl (C=O) groups is 2. The van der Waals surface area contributed by atoms with Crippen LogP contribution in [0.1, 0.15) is 37.2 Å². The Hall–Kier alpha value is -3.23. The van der Waals surface area contributed by atoms with Crippen molar-refractivity contribution in [2.45, 2.75) is 32.9 Å². The lowest BCUT2D eigenvalue weighted by molar-refractivity contribution is -0.123. The van der Waals surface area contributed by atoms with E-state index < -0.39 is 18.0 Å². The zero-order valence-electron chi connectivity index (χ0n) is 16.8. The summed E-state index contributed by atoms with van der Waals surface area (Å²) in [7, 11) is 4.35. The fraction of sp³-hybridized carbons (Fsp3) is 0.421. The number of nitrogens with zero attached hydrogens (tertiary/aromatic N) is 2. The summed E-state index contributed by atoms with van der Waals surface area (Å²) in [4.78, 5) is 25.0. The van der Waals surface area contributed by atoms with Gasteiger partial charge < -0.3 is 24.3 Å². The monoisotopic (exact) mass is 391 g/mol. The predicted molar refractivity (Wildman–Crippen MR) is 102 cm³/mol. The Kier molecular flexibility index (Phi) is 6.86. The van der Waals surface area contributed by atoms with Crippen LogP contribution in [-0.4, -0.2) is 49.1 Å². The third-order valence-corrected chi connectivity index (χ3v) is 3.99. The molecule has 28 heavy (non-hydrogen) atoms. The second-order valence-corrected chi connectivity index (χ2v) is 6.20. The van der Waals surface area contributed by atoms with Crippen LogP contribution < -0.4 is 19.5 Å². The predicted octanol–water partition coefficient (Wildman–Crippen LogP) is 2.67. The van der Waals surface area contributed by atoms with E-state index in [4.69, 9.17) is 18.9 Å². The molecule has 1 amide bonds. The number of anilines is 1. The molecular formula is C19H25N3O6. The van der Waals surface area contributed by atoms with Gasteiger partial charge in [-0.05, 0) is 20.8 Å². The number of nitrogens with one attached hydrogen (secondary N) is 1. The standard InChI is InChI=1S/C19H25N3O6/c1-11(2)22-17(7-8-20-22)21-18(23)12(3)28-19(24)13-9-15(26-5)16(27-6)10-14(13)25-4/h7-12H,1-6H3,(H,21,23)/t12-/m0/s1. The van der Waals surface area contributed by atoms with Crippen LogP contribution in [0, 0.1) is 0 Å². The number of ether oxygens (including phenoxy) is 4. The van der Waals surface area contributed by atoms with Gasteiger partial charge in [0.15, 0.2) is 17.6 Å². The first-order chi connectivity index (χ1) is 13.3. The Morgan fingerprint density at radius 1 is 1.00 bits per heavy atom. The van der Waals surface area contributed by atoms with Gasteiger partial charge in [0, 0.05) is 24.2 Å². The van der Waals surface area contributed by atoms with Gasteiger partial charge in [0.2, 0.25) is 0 Å². The molecule has 0 radical (unpaired) electrons. The molecule has 1 aromatic heterocycles. The first-order valence-corrected chi connectivity index (χ1v) is 8.67. The van der Waals surface area contributed by atoms with Crippen molar-refractivity contribution in [3.8, 4) is 17.2 Å². The van der Waals surface area contributed by atoms with Crippen LogP contribution in [0.5, 0.6) is 17.2 Å². The minimum absolute atomic E-state index is 0.0687. The second kappa shape index (κ2) is 9.12. The van der Waals surface area contributed by atoms with E-state index in [2.05, 4.69) is 10.4 Å². The highest BCUT2D eigenvalue weighted by Gasteiger charge is 2.24. The van der Waals surface area contributed by atoms with Crippen molar-refractivity contribution in [1.29, 1.82) is 0 Å². The fourth-order valence-corrected chi connectivity index (χ4v) is 2.52. The second-order valence-electron chi connectivity index (χ2n) is 6.20. The average Bonchev–Trinajstić information content (AvgIpc) is 3.14. The maximum Gasteiger partial charge on any atom is 0.342 e. The molecule has 1 heterocycles. The van der Waals surface area contributed by atoms with Gasteiger partial charge in [-0.3, -0.25) is 4.79 Å². The summed E-state index contributed by atoms with van der Waals surface area (Å²) in [5, 5.41) is 6.85. The number of aromatic nitrogens is 2. The van der Waals surface area contributed by atoms with Crippen molar-refractivity contribution in [2.75, 3.05) is 26.6 Å². The molecule has 1 aromatic carbocycles. The summed E-state index contributed by atoms with van der Waals surface area (Å²) in [6.07, 6.45) is 0.543. The summed E-state index contributed by atoms with van der Waals surface area (Å²) in [6.45, 7) is 5.36. The smallest absolute Gasteiger partial charge is 0.342 e. The maximum atomic E-state index is 12.6. The fourth-order valence-electron chi connectivity index (χ4n) is 2.52. The van der Waals surface area contributed by atoms with Crippen molar-refractivity contribution < 1.29 is 28.5 Å². The van der Waals surface area contributed by atoms with Crippen molar-refractivity contribution in [3.05, 3.63) is 30.0 Å². The van der Waals surface area contributed by atoms with Crippen LogP contribution >= 0.6 is 0 Å². The van der Waals surface area contributed by atoms with Gasteiger partial charge in [0.1, 0.15) is 17.1 Å². The van der Waals surface area contributed by atoms with E-state index >= 15 is 0 Å². The number of benzene rings is 1. The molecule has 0 aliphatic rings. The molecule has 1 N–H and O–H groups in total. The van der Waals surface area contributed by atoms with E-state index in [1.807, 2.05) is 13.8 Å². The third-order valence-electron chi connectivity index (χ3n) is 3.99. The minimum atomic E-state index is -1.04. The summed E-state index contributed by atoms with van der Waals surface area (Å²) < 4.78 is 22.6. The highest BCUT2D eigenvalue weighted by molar-refractivity contribution is 5.98. The summed E-state index contributed by atoms with van der Waals surface area (Å²) >= 11 is 0. The molecule has 9 heteroatoms. The number of rotatable bonds is 8. The van der Waals surface area contributed by atoms with Gasteiger partial charge in [0.05, 0.1) is 27.5 Å². The quantitative estimate of drug-likeness (QED) is 0.690. The van der Waals surface area contributed by atoms with Crippen LogP contribution in [0.3, 0.4) is 0 Å². The lowest BCUT2D eigenvalue weighted by Crippen LogP contribution is -2.31. The number of esters is 1. The normalized spacial score (nSPS) is 11.7. The molecule has 1 atom stereocenters. The number of methoxy groups -OCH3 is 3. The molecule has 0 fully saturated rings. The molecule has 2 rings (SSSR count). The number of hydrogen-bond acceptors (Lipinski definition) is 7. The third kappa shape index (κ3) is 4.54. The van der Waals surface area contributed by atoms with Crippen molar-refractivity contribution in [3.63, 3.8) is 0 Å². The van der Waals surface area contributed by atoms with Crippen molar-refractivity contribution >= 4 is 17.7 Å². The van der Waals surface area contributed by atoms with Gasteiger partial charge in [-0.2, -0.15) is 5.10 Å². The highest BCUT2D eigenvalue weighted by Crippen LogP contribution is 2.35. The molecular weight excluding hydrogens is 366 g/mol. The summed E-state index contributed by atoms with van der Waals surface area (Å²) in [5.74, 6) is 0.310. The minimum Gasteiger partial charge on any atom is -0.496 e. The van der Waals surface area contributed by atoms with Gasteiger partial charge >= 0.3 is 5.97 Å². The molecule has 0 saturated heterocycles. The van der Waals surface area contributed by atoms with E-state index in [0.717, 1.165) is 0 Å². The SMILES string of the molecule is COc1cc(OC)c(C(=O)O[C@@H](C)C(=O)Nc2ccnn2C(C)C)cc1OC. The van der Waals surface area contributed by atoms with E-state index in [-0.39, 0.29) is 17.4 Å². The average molecular weight is 391 g/mol. The lowest BCUT2D eigenvalue weighted by atomic mass is 10.1. The number of amides is 1. The molecule has 0 spiro atoms. The number of carbonyl (C=O) groups excluding carboxylic acids is 2. The van der Waals surface area contributed by atoms with Crippen LogP contribution in [0.2, 0.25) is 0 Å².